The van der Waals surface area contributed by atoms with Crippen molar-refractivity contribution in [3.63, 3.8) is 0 Å². The van der Waals surface area contributed by atoms with Gasteiger partial charge in [0.05, 0.1) is 19.8 Å². The van der Waals surface area contributed by atoms with Crippen LogP contribution >= 0.6 is 0 Å². The molecule has 2 aromatic rings. The molecule has 1 fully saturated rings. The first-order chi connectivity index (χ1) is 14.7. The van der Waals surface area contributed by atoms with Crippen molar-refractivity contribution in [2.75, 3.05) is 52.5 Å². The molecule has 164 valence electrons. The molecule has 2 N–H and O–H groups in total. The fourth-order valence-corrected chi connectivity index (χ4v) is 3.06. The number of hydrogen-bond acceptors (Lipinski definition) is 6. The van der Waals surface area contributed by atoms with Crippen LogP contribution in [0.1, 0.15) is 18.1 Å². The Balaban J connectivity index is 1.45. The number of guanidine groups is 1. The predicted molar refractivity (Wildman–Crippen MR) is 117 cm³/mol. The van der Waals surface area contributed by atoms with Crippen molar-refractivity contribution < 1.29 is 9.47 Å². The van der Waals surface area contributed by atoms with Crippen molar-refractivity contribution in [1.82, 2.24) is 30.3 Å². The van der Waals surface area contributed by atoms with Gasteiger partial charge < -0.3 is 24.7 Å². The highest BCUT2D eigenvalue weighted by atomic mass is 16.5. The summed E-state index contributed by atoms with van der Waals surface area (Å²) in [6.07, 6.45) is 0.877. The zero-order valence-corrected chi connectivity index (χ0v) is 18.0. The van der Waals surface area contributed by atoms with E-state index in [4.69, 9.17) is 14.5 Å². The fourth-order valence-electron chi connectivity index (χ4n) is 3.06. The van der Waals surface area contributed by atoms with Gasteiger partial charge in [-0.05, 0) is 25.5 Å². The van der Waals surface area contributed by atoms with E-state index < -0.39 is 0 Å². The molecule has 0 aliphatic carbocycles. The Morgan fingerprint density at radius 1 is 1.13 bits per heavy atom. The average Bonchev–Trinajstić information content (AvgIpc) is 3.10. The van der Waals surface area contributed by atoms with Gasteiger partial charge in [-0.2, -0.15) is 0 Å². The molecule has 9 heteroatoms. The summed E-state index contributed by atoms with van der Waals surface area (Å²) in [5.41, 5.74) is 0. The zero-order chi connectivity index (χ0) is 21.0. The molecule has 0 bridgehead atoms. The third-order valence-electron chi connectivity index (χ3n) is 5.01. The standard InChI is InChI=1S/C21H33N7O2/c1-18-25-26-20(27(18)2)17-24-21(23-10-11-28-12-15-29-16-13-28)22-9-6-14-30-19-7-4-3-5-8-19/h3-5,7-8H,6,9-17H2,1-2H3,(H2,22,23,24). The Kier molecular flexibility index (Phi) is 8.92. The number of aliphatic imine (C=N–C) groups is 1. The second-order valence-corrected chi connectivity index (χ2v) is 7.21. The van der Waals surface area contributed by atoms with Crippen molar-refractivity contribution in [1.29, 1.82) is 0 Å². The van der Waals surface area contributed by atoms with E-state index in [-0.39, 0.29) is 0 Å². The number of para-hydroxylation sites is 1. The maximum Gasteiger partial charge on any atom is 0.191 e. The normalized spacial score (nSPS) is 15.2. The first-order valence-corrected chi connectivity index (χ1v) is 10.6. The van der Waals surface area contributed by atoms with Crippen LogP contribution in [0.4, 0.5) is 0 Å². The summed E-state index contributed by atoms with van der Waals surface area (Å²) in [6.45, 7) is 9.21. The first kappa shape index (κ1) is 22.0. The number of nitrogens with zero attached hydrogens (tertiary/aromatic N) is 5. The first-order valence-electron chi connectivity index (χ1n) is 10.6. The van der Waals surface area contributed by atoms with Crippen molar-refractivity contribution in [2.45, 2.75) is 19.9 Å². The SMILES string of the molecule is Cc1nnc(CN=C(NCCCOc2ccccc2)NCCN2CCOCC2)n1C. The van der Waals surface area contributed by atoms with Crippen LogP contribution < -0.4 is 15.4 Å². The van der Waals surface area contributed by atoms with Gasteiger partial charge in [0.2, 0.25) is 0 Å². The van der Waals surface area contributed by atoms with E-state index in [1.54, 1.807) is 0 Å². The highest BCUT2D eigenvalue weighted by molar-refractivity contribution is 5.79. The molecule has 0 saturated carbocycles. The molecule has 30 heavy (non-hydrogen) atoms. The summed E-state index contributed by atoms with van der Waals surface area (Å²) < 4.78 is 13.1. The number of aromatic nitrogens is 3. The van der Waals surface area contributed by atoms with Crippen molar-refractivity contribution >= 4 is 5.96 Å². The third-order valence-corrected chi connectivity index (χ3v) is 5.01. The van der Waals surface area contributed by atoms with Gasteiger partial charge in [0.15, 0.2) is 11.8 Å². The zero-order valence-electron chi connectivity index (χ0n) is 18.0. The van der Waals surface area contributed by atoms with Crippen LogP contribution in [-0.2, 0) is 18.3 Å². The Morgan fingerprint density at radius 2 is 1.90 bits per heavy atom. The lowest BCUT2D eigenvalue weighted by Crippen LogP contribution is -2.44. The Hall–Kier alpha value is -2.65. The van der Waals surface area contributed by atoms with E-state index in [0.717, 1.165) is 75.7 Å². The van der Waals surface area contributed by atoms with E-state index in [1.807, 2.05) is 48.9 Å². The van der Waals surface area contributed by atoms with Crippen LogP contribution in [0.5, 0.6) is 5.75 Å². The molecule has 0 unspecified atom stereocenters. The Labute approximate surface area is 178 Å². The second-order valence-electron chi connectivity index (χ2n) is 7.21. The quantitative estimate of drug-likeness (QED) is 0.339. The summed E-state index contributed by atoms with van der Waals surface area (Å²) in [5.74, 6) is 3.40. The van der Waals surface area contributed by atoms with Gasteiger partial charge >= 0.3 is 0 Å². The Morgan fingerprint density at radius 3 is 2.63 bits per heavy atom. The highest BCUT2D eigenvalue weighted by Gasteiger charge is 2.10. The molecule has 1 aromatic heterocycles. The lowest BCUT2D eigenvalue weighted by Gasteiger charge is -2.26. The summed E-state index contributed by atoms with van der Waals surface area (Å²) in [5, 5.41) is 15.1. The van der Waals surface area contributed by atoms with Gasteiger partial charge in [0.25, 0.3) is 0 Å². The molecule has 3 rings (SSSR count). The summed E-state index contributed by atoms with van der Waals surface area (Å²) >= 11 is 0. The summed E-state index contributed by atoms with van der Waals surface area (Å²) in [7, 11) is 1.96. The van der Waals surface area contributed by atoms with Crippen LogP contribution in [0.25, 0.3) is 0 Å². The molecule has 0 atom stereocenters. The molecule has 0 radical (unpaired) electrons. The van der Waals surface area contributed by atoms with Crippen LogP contribution in [0, 0.1) is 6.92 Å². The lowest BCUT2D eigenvalue weighted by atomic mass is 10.3. The molecular formula is C21H33N7O2. The number of benzene rings is 1. The van der Waals surface area contributed by atoms with Crippen molar-refractivity contribution in [2.24, 2.45) is 12.0 Å². The molecule has 1 aromatic carbocycles. The maximum absolute atomic E-state index is 5.76. The predicted octanol–water partition coefficient (Wildman–Crippen LogP) is 0.960. The fraction of sp³-hybridized carbons (Fsp3) is 0.571. The smallest absolute Gasteiger partial charge is 0.191 e. The van der Waals surface area contributed by atoms with E-state index in [0.29, 0.717) is 13.2 Å². The largest absolute Gasteiger partial charge is 0.494 e. The monoisotopic (exact) mass is 415 g/mol. The number of rotatable bonds is 10. The number of hydrogen-bond donors (Lipinski definition) is 2. The molecular weight excluding hydrogens is 382 g/mol. The molecule has 1 saturated heterocycles. The van der Waals surface area contributed by atoms with Crippen molar-refractivity contribution in [3.05, 3.63) is 42.0 Å². The Bertz CT molecular complexity index is 773. The highest BCUT2D eigenvalue weighted by Crippen LogP contribution is 2.08. The van der Waals surface area contributed by atoms with Crippen LogP contribution in [0.3, 0.4) is 0 Å². The maximum atomic E-state index is 5.76. The topological polar surface area (TPSA) is 88.8 Å². The van der Waals surface area contributed by atoms with Gasteiger partial charge in [0, 0.05) is 39.8 Å². The van der Waals surface area contributed by atoms with Crippen LogP contribution in [-0.4, -0.2) is 78.2 Å². The molecule has 0 spiro atoms. The van der Waals surface area contributed by atoms with E-state index in [2.05, 4.69) is 25.7 Å². The average molecular weight is 416 g/mol. The van der Waals surface area contributed by atoms with Gasteiger partial charge in [-0.25, -0.2) is 4.99 Å². The lowest BCUT2D eigenvalue weighted by molar-refractivity contribution is 0.0389. The second kappa shape index (κ2) is 12.1. The van der Waals surface area contributed by atoms with Crippen LogP contribution in [0.15, 0.2) is 35.3 Å². The minimum Gasteiger partial charge on any atom is -0.494 e. The number of aryl methyl sites for hydroxylation is 1. The van der Waals surface area contributed by atoms with Gasteiger partial charge in [-0.1, -0.05) is 18.2 Å². The molecule has 1 aliphatic heterocycles. The van der Waals surface area contributed by atoms with Gasteiger partial charge in [-0.15, -0.1) is 10.2 Å². The minimum absolute atomic E-state index is 0.477. The molecule has 9 nitrogen and oxygen atoms in total. The molecule has 1 aliphatic rings. The van der Waals surface area contributed by atoms with E-state index in [1.165, 1.54) is 0 Å². The van der Waals surface area contributed by atoms with Crippen molar-refractivity contribution in [3.8, 4) is 5.75 Å². The third kappa shape index (κ3) is 7.31. The van der Waals surface area contributed by atoms with Gasteiger partial charge in [-0.3, -0.25) is 4.90 Å². The van der Waals surface area contributed by atoms with E-state index >= 15 is 0 Å². The molecule has 0 amide bonds. The summed E-state index contributed by atoms with van der Waals surface area (Å²) in [6, 6.07) is 9.88. The van der Waals surface area contributed by atoms with E-state index in [9.17, 15) is 0 Å². The number of morpholine rings is 1. The summed E-state index contributed by atoms with van der Waals surface area (Å²) in [4.78, 5) is 7.09. The number of ether oxygens (including phenoxy) is 2. The van der Waals surface area contributed by atoms with Gasteiger partial charge in [0.1, 0.15) is 18.1 Å². The molecule has 2 heterocycles. The van der Waals surface area contributed by atoms with Crippen LogP contribution in [0.2, 0.25) is 0 Å². The number of nitrogens with one attached hydrogen (secondary N) is 2. The minimum atomic E-state index is 0.477.